The molecule has 0 aliphatic carbocycles. The maximum atomic E-state index is 12.5. The van der Waals surface area contributed by atoms with Gasteiger partial charge in [0.05, 0.1) is 17.4 Å². The van der Waals surface area contributed by atoms with Gasteiger partial charge >= 0.3 is 6.18 Å². The number of amides is 1. The van der Waals surface area contributed by atoms with E-state index in [-0.39, 0.29) is 24.6 Å². The lowest BCUT2D eigenvalue weighted by atomic mass is 10.2. The van der Waals surface area contributed by atoms with Crippen LogP contribution in [-0.2, 0) is 17.5 Å². The molecule has 9 heteroatoms. The van der Waals surface area contributed by atoms with Crippen LogP contribution in [0, 0.1) is 0 Å². The minimum atomic E-state index is -4.45. The Hall–Kier alpha value is -2.22. The molecule has 1 aromatic heterocycles. The number of carbonyl (C=O) groups is 1. The summed E-state index contributed by atoms with van der Waals surface area (Å²) in [7, 11) is 0. The Labute approximate surface area is 124 Å². The molecule has 0 spiro atoms. The predicted molar refractivity (Wildman–Crippen MR) is 74.0 cm³/mol. The van der Waals surface area contributed by atoms with Crippen LogP contribution in [0.2, 0.25) is 0 Å². The second-order valence-corrected chi connectivity index (χ2v) is 4.10. The standard InChI is InChI=1S/C12H11F3N4O.ClH/c13-12(14,15)8-2-1-3-10(4-8)18-11(20)7-19-6-9(16)5-17-19;/h1-6H,7,16H2,(H,18,20);1H. The molecule has 0 radical (unpaired) electrons. The van der Waals surface area contributed by atoms with E-state index in [0.717, 1.165) is 12.1 Å². The van der Waals surface area contributed by atoms with E-state index in [1.807, 2.05) is 0 Å². The molecule has 0 bridgehead atoms. The van der Waals surface area contributed by atoms with E-state index < -0.39 is 17.6 Å². The van der Waals surface area contributed by atoms with Gasteiger partial charge in [0.1, 0.15) is 6.54 Å². The lowest BCUT2D eigenvalue weighted by Gasteiger charge is -2.09. The minimum absolute atomic E-state index is 0. The number of nitrogens with one attached hydrogen (secondary N) is 1. The van der Waals surface area contributed by atoms with Crippen molar-refractivity contribution in [1.29, 1.82) is 0 Å². The molecule has 3 N–H and O–H groups in total. The van der Waals surface area contributed by atoms with Crippen LogP contribution in [0.4, 0.5) is 24.5 Å². The Morgan fingerprint density at radius 3 is 2.67 bits per heavy atom. The molecule has 0 saturated carbocycles. The molecule has 1 aromatic carbocycles. The third-order valence-corrected chi connectivity index (χ3v) is 2.43. The second-order valence-electron chi connectivity index (χ2n) is 4.10. The topological polar surface area (TPSA) is 72.9 Å². The zero-order valence-electron chi connectivity index (χ0n) is 10.6. The lowest BCUT2D eigenvalue weighted by Crippen LogP contribution is -2.19. The Kier molecular flexibility index (Phi) is 5.20. The van der Waals surface area contributed by atoms with Crippen molar-refractivity contribution < 1.29 is 18.0 Å². The molecule has 1 heterocycles. The first-order chi connectivity index (χ1) is 9.34. The zero-order chi connectivity index (χ0) is 14.8. The summed E-state index contributed by atoms with van der Waals surface area (Å²) in [5.74, 6) is -0.493. The van der Waals surface area contributed by atoms with Crippen LogP contribution in [0.3, 0.4) is 0 Å². The van der Waals surface area contributed by atoms with Crippen LogP contribution in [-0.4, -0.2) is 15.7 Å². The second kappa shape index (κ2) is 6.49. The SMILES string of the molecule is Cl.Nc1cnn(CC(=O)Nc2cccc(C(F)(F)F)c2)c1. The van der Waals surface area contributed by atoms with Crippen molar-refractivity contribution in [1.82, 2.24) is 9.78 Å². The van der Waals surface area contributed by atoms with E-state index in [1.165, 1.54) is 29.2 Å². The van der Waals surface area contributed by atoms with Gasteiger partial charge in [-0.05, 0) is 18.2 Å². The molecule has 21 heavy (non-hydrogen) atoms. The quantitative estimate of drug-likeness (QED) is 0.912. The van der Waals surface area contributed by atoms with Gasteiger partial charge in [-0.3, -0.25) is 9.48 Å². The van der Waals surface area contributed by atoms with Gasteiger partial charge in [0.25, 0.3) is 0 Å². The van der Waals surface area contributed by atoms with Crippen molar-refractivity contribution in [3.8, 4) is 0 Å². The molecule has 2 rings (SSSR count). The van der Waals surface area contributed by atoms with Crippen molar-refractivity contribution >= 4 is 29.7 Å². The number of nitrogens with two attached hydrogens (primary N) is 1. The van der Waals surface area contributed by atoms with Gasteiger partial charge in [-0.15, -0.1) is 12.4 Å². The summed E-state index contributed by atoms with van der Waals surface area (Å²) in [6.07, 6.45) is -1.62. The molecule has 0 fully saturated rings. The van der Waals surface area contributed by atoms with Crippen LogP contribution < -0.4 is 11.1 Å². The summed E-state index contributed by atoms with van der Waals surface area (Å²) in [6.45, 7) is -0.132. The molecule has 5 nitrogen and oxygen atoms in total. The largest absolute Gasteiger partial charge is 0.416 e. The Morgan fingerprint density at radius 2 is 2.10 bits per heavy atom. The Balaban J connectivity index is 0.00000220. The average Bonchev–Trinajstić information content (AvgIpc) is 2.73. The summed E-state index contributed by atoms with van der Waals surface area (Å²) >= 11 is 0. The summed E-state index contributed by atoms with van der Waals surface area (Å²) < 4.78 is 38.8. The highest BCUT2D eigenvalue weighted by Crippen LogP contribution is 2.30. The highest BCUT2D eigenvalue weighted by Gasteiger charge is 2.30. The molecular weight excluding hydrogens is 309 g/mol. The van der Waals surface area contributed by atoms with Gasteiger partial charge in [0.15, 0.2) is 0 Å². The van der Waals surface area contributed by atoms with Gasteiger partial charge in [0.2, 0.25) is 5.91 Å². The van der Waals surface area contributed by atoms with Gasteiger partial charge in [-0.2, -0.15) is 18.3 Å². The first kappa shape index (κ1) is 16.8. The average molecular weight is 321 g/mol. The number of halogens is 4. The van der Waals surface area contributed by atoms with E-state index in [9.17, 15) is 18.0 Å². The van der Waals surface area contributed by atoms with E-state index >= 15 is 0 Å². The molecule has 114 valence electrons. The van der Waals surface area contributed by atoms with Gasteiger partial charge < -0.3 is 11.1 Å². The summed E-state index contributed by atoms with van der Waals surface area (Å²) in [6, 6.07) is 4.41. The maximum Gasteiger partial charge on any atom is 0.416 e. The normalized spacial score (nSPS) is 10.8. The number of hydrogen-bond donors (Lipinski definition) is 2. The van der Waals surface area contributed by atoms with E-state index in [1.54, 1.807) is 0 Å². The molecular formula is C12H12ClF3N4O. The fraction of sp³-hybridized carbons (Fsp3) is 0.167. The van der Waals surface area contributed by atoms with Crippen LogP contribution in [0.15, 0.2) is 36.7 Å². The highest BCUT2D eigenvalue weighted by atomic mass is 35.5. The fourth-order valence-electron chi connectivity index (χ4n) is 1.59. The number of anilines is 2. The zero-order valence-corrected chi connectivity index (χ0v) is 11.4. The molecule has 0 atom stereocenters. The fourth-order valence-corrected chi connectivity index (χ4v) is 1.59. The molecule has 0 unspecified atom stereocenters. The van der Waals surface area contributed by atoms with Crippen LogP contribution >= 0.6 is 12.4 Å². The summed E-state index contributed by atoms with van der Waals surface area (Å²) in [4.78, 5) is 11.7. The number of nitrogen functional groups attached to an aromatic ring is 1. The van der Waals surface area contributed by atoms with E-state index in [0.29, 0.717) is 5.69 Å². The molecule has 2 aromatic rings. The number of benzene rings is 1. The van der Waals surface area contributed by atoms with Crippen molar-refractivity contribution in [2.24, 2.45) is 0 Å². The third kappa shape index (κ3) is 4.67. The highest BCUT2D eigenvalue weighted by molar-refractivity contribution is 5.90. The van der Waals surface area contributed by atoms with Crippen molar-refractivity contribution in [2.75, 3.05) is 11.1 Å². The number of aromatic nitrogens is 2. The summed E-state index contributed by atoms with van der Waals surface area (Å²) in [5.41, 5.74) is 5.09. The van der Waals surface area contributed by atoms with Crippen LogP contribution in [0.25, 0.3) is 0 Å². The van der Waals surface area contributed by atoms with Gasteiger partial charge in [-0.1, -0.05) is 6.07 Å². The summed E-state index contributed by atoms with van der Waals surface area (Å²) in [5, 5.41) is 6.18. The number of carbonyl (C=O) groups excluding carboxylic acids is 1. The van der Waals surface area contributed by atoms with Gasteiger partial charge in [0, 0.05) is 11.9 Å². The molecule has 1 amide bonds. The van der Waals surface area contributed by atoms with Gasteiger partial charge in [-0.25, -0.2) is 0 Å². The first-order valence-electron chi connectivity index (χ1n) is 5.59. The Morgan fingerprint density at radius 1 is 1.38 bits per heavy atom. The molecule has 0 aliphatic heterocycles. The molecule has 0 saturated heterocycles. The lowest BCUT2D eigenvalue weighted by molar-refractivity contribution is -0.137. The predicted octanol–water partition coefficient (Wildman–Crippen LogP) is 2.54. The third-order valence-electron chi connectivity index (χ3n) is 2.43. The number of nitrogens with zero attached hydrogens (tertiary/aromatic N) is 2. The maximum absolute atomic E-state index is 12.5. The number of rotatable bonds is 3. The van der Waals surface area contributed by atoms with Crippen molar-refractivity contribution in [3.05, 3.63) is 42.2 Å². The number of hydrogen-bond acceptors (Lipinski definition) is 3. The number of alkyl halides is 3. The van der Waals surface area contributed by atoms with Crippen LogP contribution in [0.5, 0.6) is 0 Å². The van der Waals surface area contributed by atoms with E-state index in [4.69, 9.17) is 5.73 Å². The van der Waals surface area contributed by atoms with Crippen LogP contribution in [0.1, 0.15) is 5.56 Å². The minimum Gasteiger partial charge on any atom is -0.396 e. The first-order valence-corrected chi connectivity index (χ1v) is 5.59. The van der Waals surface area contributed by atoms with Crippen molar-refractivity contribution in [3.63, 3.8) is 0 Å². The Bertz CT molecular complexity index is 627. The monoisotopic (exact) mass is 320 g/mol. The molecule has 0 aliphatic rings. The van der Waals surface area contributed by atoms with Crippen molar-refractivity contribution in [2.45, 2.75) is 12.7 Å². The van der Waals surface area contributed by atoms with E-state index in [2.05, 4.69) is 10.4 Å². The smallest absolute Gasteiger partial charge is 0.396 e.